The van der Waals surface area contributed by atoms with Gasteiger partial charge in [0.15, 0.2) is 5.69 Å². The van der Waals surface area contributed by atoms with E-state index in [1.165, 1.54) is 0 Å². The first-order valence-corrected chi connectivity index (χ1v) is 6.45. The van der Waals surface area contributed by atoms with Crippen molar-refractivity contribution >= 4 is 11.6 Å². The molecule has 20 heavy (non-hydrogen) atoms. The van der Waals surface area contributed by atoms with E-state index in [2.05, 4.69) is 34.3 Å². The highest BCUT2D eigenvalue weighted by molar-refractivity contribution is 5.91. The molecule has 0 atom stereocenters. The number of anilines is 1. The van der Waals surface area contributed by atoms with E-state index >= 15 is 0 Å². The average Bonchev–Trinajstić information content (AvgIpc) is 2.97. The van der Waals surface area contributed by atoms with Gasteiger partial charge in [-0.05, 0) is 19.1 Å². The van der Waals surface area contributed by atoms with Gasteiger partial charge < -0.3 is 4.90 Å². The number of likely N-dealkylation sites (N-methyl/N-ethyl adjacent to an activating group) is 1. The van der Waals surface area contributed by atoms with Crippen molar-refractivity contribution in [3.05, 3.63) is 42.2 Å². The topological polar surface area (TPSA) is 89.1 Å². The van der Waals surface area contributed by atoms with Crippen LogP contribution in [0, 0.1) is 0 Å². The second-order valence-electron chi connectivity index (χ2n) is 4.26. The third kappa shape index (κ3) is 3.33. The van der Waals surface area contributed by atoms with Gasteiger partial charge in [-0.3, -0.25) is 10.2 Å². The Labute approximate surface area is 117 Å². The zero-order chi connectivity index (χ0) is 14.4. The molecule has 0 aliphatic carbocycles. The summed E-state index contributed by atoms with van der Waals surface area (Å²) in [6.07, 6.45) is 1.58. The first-order valence-electron chi connectivity index (χ1n) is 6.45. The highest BCUT2D eigenvalue weighted by Gasteiger charge is 2.09. The second-order valence-corrected chi connectivity index (χ2v) is 4.26. The molecule has 0 aliphatic heterocycles. The maximum absolute atomic E-state index is 11.3. The standard InChI is InChI=1S/C13H18N6O/c1-2-18(11-6-4-3-5-7-11)8-9-19-10-12(16-17-19)13(20)15-14/h3-7,10H,2,8-9,14H2,1H3,(H,15,20). The minimum Gasteiger partial charge on any atom is -0.370 e. The van der Waals surface area contributed by atoms with Gasteiger partial charge in [-0.25, -0.2) is 10.5 Å². The van der Waals surface area contributed by atoms with E-state index in [1.807, 2.05) is 23.6 Å². The van der Waals surface area contributed by atoms with Crippen LogP contribution in [-0.4, -0.2) is 34.0 Å². The number of rotatable bonds is 6. The molecule has 7 heteroatoms. The highest BCUT2D eigenvalue weighted by atomic mass is 16.2. The smallest absolute Gasteiger partial charge is 0.287 e. The van der Waals surface area contributed by atoms with E-state index < -0.39 is 5.91 Å². The Hall–Kier alpha value is -2.41. The summed E-state index contributed by atoms with van der Waals surface area (Å²) in [5, 5.41) is 7.67. The summed E-state index contributed by atoms with van der Waals surface area (Å²) in [6.45, 7) is 4.43. The third-order valence-electron chi connectivity index (χ3n) is 3.00. The molecule has 2 rings (SSSR count). The molecule has 1 aromatic carbocycles. The lowest BCUT2D eigenvalue weighted by atomic mass is 10.3. The Morgan fingerprint density at radius 3 is 2.80 bits per heavy atom. The summed E-state index contributed by atoms with van der Waals surface area (Å²) in [7, 11) is 0. The fraction of sp³-hybridized carbons (Fsp3) is 0.308. The monoisotopic (exact) mass is 274 g/mol. The average molecular weight is 274 g/mol. The molecular weight excluding hydrogens is 256 g/mol. The van der Waals surface area contributed by atoms with Crippen LogP contribution >= 0.6 is 0 Å². The maximum atomic E-state index is 11.3. The lowest BCUT2D eigenvalue weighted by molar-refractivity contribution is 0.0948. The Bertz CT molecular complexity index is 553. The van der Waals surface area contributed by atoms with Gasteiger partial charge in [0.1, 0.15) is 0 Å². The number of hydrazine groups is 1. The van der Waals surface area contributed by atoms with Gasteiger partial charge in [0.2, 0.25) is 0 Å². The van der Waals surface area contributed by atoms with E-state index in [-0.39, 0.29) is 5.69 Å². The van der Waals surface area contributed by atoms with Crippen molar-refractivity contribution in [2.75, 3.05) is 18.0 Å². The number of para-hydroxylation sites is 1. The van der Waals surface area contributed by atoms with Crippen molar-refractivity contribution in [1.29, 1.82) is 0 Å². The van der Waals surface area contributed by atoms with Crippen LogP contribution in [0.2, 0.25) is 0 Å². The summed E-state index contributed by atoms with van der Waals surface area (Å²) >= 11 is 0. The molecule has 0 unspecified atom stereocenters. The number of hydrogen-bond acceptors (Lipinski definition) is 5. The van der Waals surface area contributed by atoms with Gasteiger partial charge >= 0.3 is 0 Å². The summed E-state index contributed by atoms with van der Waals surface area (Å²) in [6, 6.07) is 10.1. The van der Waals surface area contributed by atoms with Crippen LogP contribution in [0.1, 0.15) is 17.4 Å². The van der Waals surface area contributed by atoms with Crippen LogP contribution in [0.15, 0.2) is 36.5 Å². The van der Waals surface area contributed by atoms with E-state index in [1.54, 1.807) is 10.9 Å². The predicted octanol–water partition coefficient (Wildman–Crippen LogP) is 0.408. The van der Waals surface area contributed by atoms with Gasteiger partial charge in [-0.2, -0.15) is 0 Å². The fourth-order valence-corrected chi connectivity index (χ4v) is 1.92. The van der Waals surface area contributed by atoms with Crippen LogP contribution < -0.4 is 16.2 Å². The molecule has 1 amide bonds. The number of hydrogen-bond donors (Lipinski definition) is 2. The lowest BCUT2D eigenvalue weighted by Crippen LogP contribution is -2.30. The largest absolute Gasteiger partial charge is 0.370 e. The molecule has 0 spiro atoms. The minimum atomic E-state index is -0.438. The zero-order valence-electron chi connectivity index (χ0n) is 11.4. The van der Waals surface area contributed by atoms with Gasteiger partial charge in [0.05, 0.1) is 12.7 Å². The number of aromatic nitrogens is 3. The van der Waals surface area contributed by atoms with Crippen LogP contribution in [0.3, 0.4) is 0 Å². The highest BCUT2D eigenvalue weighted by Crippen LogP contribution is 2.12. The molecule has 0 saturated carbocycles. The van der Waals surface area contributed by atoms with E-state index in [0.29, 0.717) is 6.54 Å². The number of nitrogens with one attached hydrogen (secondary N) is 1. The molecule has 0 aliphatic rings. The molecule has 7 nitrogen and oxygen atoms in total. The summed E-state index contributed by atoms with van der Waals surface area (Å²) in [4.78, 5) is 13.5. The molecular formula is C13H18N6O. The summed E-state index contributed by atoms with van der Waals surface area (Å²) in [5.41, 5.74) is 3.41. The van der Waals surface area contributed by atoms with Crippen molar-refractivity contribution in [3.8, 4) is 0 Å². The van der Waals surface area contributed by atoms with Gasteiger partial charge in [-0.1, -0.05) is 23.4 Å². The normalized spacial score (nSPS) is 10.3. The van der Waals surface area contributed by atoms with Crippen LogP contribution in [0.4, 0.5) is 5.69 Å². The van der Waals surface area contributed by atoms with Crippen LogP contribution in [-0.2, 0) is 6.54 Å². The van der Waals surface area contributed by atoms with Crippen molar-refractivity contribution in [2.45, 2.75) is 13.5 Å². The third-order valence-corrected chi connectivity index (χ3v) is 3.00. The van der Waals surface area contributed by atoms with Crippen molar-refractivity contribution in [3.63, 3.8) is 0 Å². The van der Waals surface area contributed by atoms with E-state index in [0.717, 1.165) is 18.8 Å². The predicted molar refractivity (Wildman–Crippen MR) is 76.0 cm³/mol. The SMILES string of the molecule is CCN(CCn1cc(C(=O)NN)nn1)c1ccccc1. The molecule has 1 aromatic heterocycles. The Morgan fingerprint density at radius 2 is 2.15 bits per heavy atom. The van der Waals surface area contributed by atoms with Gasteiger partial charge in [0, 0.05) is 18.8 Å². The van der Waals surface area contributed by atoms with Crippen molar-refractivity contribution in [2.24, 2.45) is 5.84 Å². The molecule has 0 radical (unpaired) electrons. The number of nitrogens with two attached hydrogens (primary N) is 1. The number of amides is 1. The fourth-order valence-electron chi connectivity index (χ4n) is 1.92. The molecule has 0 bridgehead atoms. The van der Waals surface area contributed by atoms with E-state index in [4.69, 9.17) is 5.84 Å². The number of carbonyl (C=O) groups excluding carboxylic acids is 1. The molecule has 2 aromatic rings. The Balaban J connectivity index is 1.97. The van der Waals surface area contributed by atoms with Crippen LogP contribution in [0.5, 0.6) is 0 Å². The summed E-state index contributed by atoms with van der Waals surface area (Å²) < 4.78 is 1.64. The molecule has 0 saturated heterocycles. The lowest BCUT2D eigenvalue weighted by Gasteiger charge is -2.22. The van der Waals surface area contributed by atoms with Crippen molar-refractivity contribution < 1.29 is 4.79 Å². The number of nitrogens with zero attached hydrogens (tertiary/aromatic N) is 4. The second kappa shape index (κ2) is 6.67. The Kier molecular flexibility index (Phi) is 4.67. The first kappa shape index (κ1) is 14.0. The molecule has 0 fully saturated rings. The van der Waals surface area contributed by atoms with Crippen LogP contribution in [0.25, 0.3) is 0 Å². The van der Waals surface area contributed by atoms with E-state index in [9.17, 15) is 4.79 Å². The van der Waals surface area contributed by atoms with Gasteiger partial charge in [-0.15, -0.1) is 5.10 Å². The first-order chi connectivity index (χ1) is 9.74. The number of nitrogen functional groups attached to an aromatic ring is 1. The summed E-state index contributed by atoms with van der Waals surface area (Å²) in [5.74, 6) is 4.61. The quantitative estimate of drug-likeness (QED) is 0.452. The Morgan fingerprint density at radius 1 is 1.40 bits per heavy atom. The van der Waals surface area contributed by atoms with Crippen molar-refractivity contribution in [1.82, 2.24) is 20.4 Å². The molecule has 106 valence electrons. The maximum Gasteiger partial charge on any atom is 0.287 e. The van der Waals surface area contributed by atoms with Gasteiger partial charge in [0.25, 0.3) is 5.91 Å². The number of carbonyl (C=O) groups is 1. The zero-order valence-corrected chi connectivity index (χ0v) is 11.4. The number of benzene rings is 1. The molecule has 3 N–H and O–H groups in total. The minimum absolute atomic E-state index is 0.218. The molecule has 1 heterocycles.